The topological polar surface area (TPSA) is 103 Å². The van der Waals surface area contributed by atoms with Crippen LogP contribution >= 0.6 is 22.9 Å². The molecule has 1 aromatic carbocycles. The molecule has 0 aliphatic carbocycles. The zero-order valence-corrected chi connectivity index (χ0v) is 23.6. The largest absolute Gasteiger partial charge is 0.351 e. The number of aromatic nitrogens is 3. The van der Waals surface area contributed by atoms with Gasteiger partial charge in [0.1, 0.15) is 5.69 Å². The van der Waals surface area contributed by atoms with E-state index < -0.39 is 0 Å². The first kappa shape index (κ1) is 27.7. The number of halogens is 1. The summed E-state index contributed by atoms with van der Waals surface area (Å²) in [6, 6.07) is 7.15. The fourth-order valence-corrected chi connectivity index (χ4v) is 5.35. The molecule has 4 rings (SSSR count). The Kier molecular flexibility index (Phi) is 9.09. The molecule has 3 aromatic rings. The second kappa shape index (κ2) is 12.5. The number of carbonyl (C=O) groups is 2. The van der Waals surface area contributed by atoms with E-state index in [0.717, 1.165) is 28.4 Å². The van der Waals surface area contributed by atoms with Crippen molar-refractivity contribution >= 4 is 46.4 Å². The first-order chi connectivity index (χ1) is 18.2. The average molecular weight is 554 g/mol. The summed E-state index contributed by atoms with van der Waals surface area (Å²) in [6.45, 7) is 5.85. The SMILES string of the molecule is Cc1nc(C)c(-c2nc(NC3CCN(C(=O)c4ccc(NC(=O)C=CCN(C)C)cc4)CC3)ncc2Cl)s1. The molecule has 2 N–H and O–H groups in total. The van der Waals surface area contributed by atoms with E-state index in [1.807, 2.05) is 37.7 Å². The summed E-state index contributed by atoms with van der Waals surface area (Å²) >= 11 is 7.95. The van der Waals surface area contributed by atoms with Crippen LogP contribution in [0.15, 0.2) is 42.6 Å². The Morgan fingerprint density at radius 1 is 1.16 bits per heavy atom. The van der Waals surface area contributed by atoms with Crippen LogP contribution in [0.3, 0.4) is 0 Å². The van der Waals surface area contributed by atoms with E-state index in [4.69, 9.17) is 11.6 Å². The van der Waals surface area contributed by atoms with Crippen LogP contribution in [0.25, 0.3) is 10.6 Å². The van der Waals surface area contributed by atoms with Gasteiger partial charge in [-0.15, -0.1) is 11.3 Å². The normalized spacial score (nSPS) is 14.3. The van der Waals surface area contributed by atoms with Gasteiger partial charge < -0.3 is 20.4 Å². The number of hydrogen-bond donors (Lipinski definition) is 2. The number of anilines is 2. The summed E-state index contributed by atoms with van der Waals surface area (Å²) in [7, 11) is 3.87. The molecule has 200 valence electrons. The van der Waals surface area contributed by atoms with Crippen LogP contribution in [0.1, 0.15) is 33.9 Å². The predicted octanol–water partition coefficient (Wildman–Crippen LogP) is 4.64. The number of thiazole rings is 1. The summed E-state index contributed by atoms with van der Waals surface area (Å²) in [5.74, 6) is 0.302. The molecular formula is C27H32ClN7O2S. The highest BCUT2D eigenvalue weighted by Crippen LogP contribution is 2.33. The maximum atomic E-state index is 13.0. The minimum Gasteiger partial charge on any atom is -0.351 e. The molecule has 0 atom stereocenters. The van der Waals surface area contributed by atoms with Gasteiger partial charge in [0.15, 0.2) is 0 Å². The highest BCUT2D eigenvalue weighted by Gasteiger charge is 2.24. The molecule has 38 heavy (non-hydrogen) atoms. The molecule has 9 nitrogen and oxygen atoms in total. The molecule has 2 amide bonds. The number of piperidine rings is 1. The molecule has 0 unspecified atom stereocenters. The van der Waals surface area contributed by atoms with Crippen LogP contribution in [-0.4, -0.2) is 76.3 Å². The van der Waals surface area contributed by atoms with Gasteiger partial charge in [0.25, 0.3) is 5.91 Å². The Morgan fingerprint density at radius 3 is 2.50 bits per heavy atom. The zero-order valence-electron chi connectivity index (χ0n) is 22.0. The lowest BCUT2D eigenvalue weighted by Crippen LogP contribution is -2.42. The van der Waals surface area contributed by atoms with Gasteiger partial charge in [-0.05, 0) is 65.0 Å². The fourth-order valence-electron chi connectivity index (χ4n) is 4.19. The molecular weight excluding hydrogens is 522 g/mol. The number of rotatable bonds is 8. The Hall–Kier alpha value is -3.34. The van der Waals surface area contributed by atoms with E-state index in [2.05, 4.69) is 25.6 Å². The molecule has 1 fully saturated rings. The second-order valence-corrected chi connectivity index (χ2v) is 11.1. The van der Waals surface area contributed by atoms with E-state index in [1.54, 1.807) is 47.9 Å². The number of aryl methyl sites for hydroxylation is 2. The van der Waals surface area contributed by atoms with Crippen LogP contribution in [0.2, 0.25) is 5.02 Å². The Morgan fingerprint density at radius 2 is 1.87 bits per heavy atom. The Balaban J connectivity index is 1.30. The van der Waals surface area contributed by atoms with Gasteiger partial charge >= 0.3 is 0 Å². The zero-order chi connectivity index (χ0) is 27.2. The number of nitrogens with zero attached hydrogens (tertiary/aromatic N) is 5. The van der Waals surface area contributed by atoms with Crippen molar-refractivity contribution in [3.05, 3.63) is 63.9 Å². The number of likely N-dealkylation sites (N-methyl/N-ethyl adjacent to an activating group) is 1. The minimum absolute atomic E-state index is 0.0201. The summed E-state index contributed by atoms with van der Waals surface area (Å²) < 4.78 is 0. The standard InChI is InChI=1S/C27H32ClN7O2S/c1-17-25(38-18(2)30-17)24-22(28)16-29-27(33-24)32-21-11-14-35(15-12-21)26(37)19-7-9-20(10-8-19)31-23(36)6-5-13-34(3)4/h5-10,16,21H,11-15H2,1-4H3,(H,31,36)(H,29,32,33). The molecule has 2 aromatic heterocycles. The molecule has 0 radical (unpaired) electrons. The van der Waals surface area contributed by atoms with Crippen LogP contribution in [0, 0.1) is 13.8 Å². The number of benzene rings is 1. The number of amides is 2. The van der Waals surface area contributed by atoms with Crippen LogP contribution in [-0.2, 0) is 4.79 Å². The van der Waals surface area contributed by atoms with Crippen molar-refractivity contribution in [3.63, 3.8) is 0 Å². The molecule has 1 saturated heterocycles. The third-order valence-corrected chi connectivity index (χ3v) is 7.47. The van der Waals surface area contributed by atoms with Crippen molar-refractivity contribution in [1.29, 1.82) is 0 Å². The molecule has 3 heterocycles. The van der Waals surface area contributed by atoms with Gasteiger partial charge in [0, 0.05) is 43.0 Å². The van der Waals surface area contributed by atoms with Gasteiger partial charge in [-0.2, -0.15) is 0 Å². The monoisotopic (exact) mass is 553 g/mol. The number of hydrogen-bond acceptors (Lipinski definition) is 8. The smallest absolute Gasteiger partial charge is 0.253 e. The van der Waals surface area contributed by atoms with Gasteiger partial charge in [-0.25, -0.2) is 15.0 Å². The highest BCUT2D eigenvalue weighted by atomic mass is 35.5. The van der Waals surface area contributed by atoms with Crippen molar-refractivity contribution < 1.29 is 9.59 Å². The lowest BCUT2D eigenvalue weighted by Gasteiger charge is -2.32. The van der Waals surface area contributed by atoms with E-state index >= 15 is 0 Å². The summed E-state index contributed by atoms with van der Waals surface area (Å²) in [6.07, 6.45) is 6.48. The molecule has 0 spiro atoms. The third-order valence-electron chi connectivity index (χ3n) is 6.12. The third kappa shape index (κ3) is 7.15. The van der Waals surface area contributed by atoms with Crippen molar-refractivity contribution in [3.8, 4) is 10.6 Å². The maximum absolute atomic E-state index is 13.0. The van der Waals surface area contributed by atoms with Crippen molar-refractivity contribution in [2.45, 2.75) is 32.7 Å². The second-order valence-electron chi connectivity index (χ2n) is 9.48. The first-order valence-corrected chi connectivity index (χ1v) is 13.6. The van der Waals surface area contributed by atoms with E-state index in [9.17, 15) is 9.59 Å². The number of carbonyl (C=O) groups excluding carboxylic acids is 2. The minimum atomic E-state index is -0.199. The van der Waals surface area contributed by atoms with Crippen LogP contribution in [0.4, 0.5) is 11.6 Å². The lowest BCUT2D eigenvalue weighted by molar-refractivity contribution is -0.111. The molecule has 1 aliphatic heterocycles. The van der Waals surface area contributed by atoms with Gasteiger partial charge in [-0.3, -0.25) is 9.59 Å². The van der Waals surface area contributed by atoms with E-state index in [0.29, 0.717) is 47.6 Å². The summed E-state index contributed by atoms with van der Waals surface area (Å²) in [5, 5.41) is 7.68. The van der Waals surface area contributed by atoms with E-state index in [-0.39, 0.29) is 17.9 Å². The lowest BCUT2D eigenvalue weighted by atomic mass is 10.0. The molecule has 11 heteroatoms. The predicted molar refractivity (Wildman–Crippen MR) is 153 cm³/mol. The van der Waals surface area contributed by atoms with Gasteiger partial charge in [0.05, 0.1) is 26.8 Å². The first-order valence-electron chi connectivity index (χ1n) is 12.4. The highest BCUT2D eigenvalue weighted by molar-refractivity contribution is 7.15. The molecule has 1 aliphatic rings. The van der Waals surface area contributed by atoms with E-state index in [1.165, 1.54) is 6.08 Å². The van der Waals surface area contributed by atoms with Crippen LogP contribution in [0.5, 0.6) is 0 Å². The van der Waals surface area contributed by atoms with Crippen molar-refractivity contribution in [2.75, 3.05) is 44.4 Å². The molecule has 0 saturated carbocycles. The van der Waals surface area contributed by atoms with Crippen molar-refractivity contribution in [1.82, 2.24) is 24.8 Å². The average Bonchev–Trinajstić information content (AvgIpc) is 3.23. The van der Waals surface area contributed by atoms with Gasteiger partial charge in [-0.1, -0.05) is 17.7 Å². The fraction of sp³-hybridized carbons (Fsp3) is 0.370. The maximum Gasteiger partial charge on any atom is 0.253 e. The number of nitrogens with one attached hydrogen (secondary N) is 2. The van der Waals surface area contributed by atoms with Gasteiger partial charge in [0.2, 0.25) is 11.9 Å². The van der Waals surface area contributed by atoms with Crippen molar-refractivity contribution in [2.24, 2.45) is 0 Å². The summed E-state index contributed by atoms with van der Waals surface area (Å²) in [5.41, 5.74) is 2.83. The quantitative estimate of drug-likeness (QED) is 0.391. The molecule has 0 bridgehead atoms. The Bertz CT molecular complexity index is 1320. The number of likely N-dealkylation sites (tertiary alicyclic amines) is 1. The van der Waals surface area contributed by atoms with Crippen LogP contribution < -0.4 is 10.6 Å². The Labute approximate surface area is 232 Å². The summed E-state index contributed by atoms with van der Waals surface area (Å²) in [4.78, 5) is 43.3.